The molecule has 0 bridgehead atoms. The number of nitrogens with one attached hydrogen (secondary N) is 1. The minimum atomic E-state index is -0.783. The minimum Gasteiger partial charge on any atom is -0.490 e. The Morgan fingerprint density at radius 1 is 0.947 bits per heavy atom. The third-order valence-electron chi connectivity index (χ3n) is 5.92. The highest BCUT2D eigenvalue weighted by Crippen LogP contribution is 2.36. The molecule has 1 fully saturated rings. The van der Waals surface area contributed by atoms with E-state index in [4.69, 9.17) is 9.47 Å². The monoisotopic (exact) mass is 510 g/mol. The van der Waals surface area contributed by atoms with Crippen molar-refractivity contribution in [2.75, 3.05) is 11.5 Å². The molecular formula is C31H30N2O5. The zero-order valence-electron chi connectivity index (χ0n) is 21.7. The number of imide groups is 2. The van der Waals surface area contributed by atoms with Gasteiger partial charge in [-0.05, 0) is 79.8 Å². The van der Waals surface area contributed by atoms with Gasteiger partial charge in [-0.3, -0.25) is 14.9 Å². The van der Waals surface area contributed by atoms with Crippen molar-refractivity contribution in [2.24, 2.45) is 0 Å². The topological polar surface area (TPSA) is 84.9 Å². The third kappa shape index (κ3) is 5.83. The summed E-state index contributed by atoms with van der Waals surface area (Å²) in [6, 6.07) is 17.9. The van der Waals surface area contributed by atoms with Crippen LogP contribution in [0, 0.1) is 13.8 Å². The first-order valence-corrected chi connectivity index (χ1v) is 12.4. The number of amides is 4. The lowest BCUT2D eigenvalue weighted by molar-refractivity contribution is -0.122. The molecular weight excluding hydrogens is 480 g/mol. The Kier molecular flexibility index (Phi) is 8.06. The number of allylic oxidation sites excluding steroid dienone is 1. The van der Waals surface area contributed by atoms with E-state index in [1.54, 1.807) is 24.3 Å². The van der Waals surface area contributed by atoms with Crippen LogP contribution in [0.5, 0.6) is 11.5 Å². The number of anilines is 1. The van der Waals surface area contributed by atoms with Gasteiger partial charge in [0.05, 0.1) is 12.3 Å². The number of hydrogen-bond donors (Lipinski definition) is 1. The number of barbiturate groups is 1. The number of hydrogen-bond acceptors (Lipinski definition) is 5. The summed E-state index contributed by atoms with van der Waals surface area (Å²) in [6.07, 6.45) is 3.70. The van der Waals surface area contributed by atoms with Crippen molar-refractivity contribution in [3.05, 3.63) is 107 Å². The van der Waals surface area contributed by atoms with Crippen molar-refractivity contribution in [2.45, 2.75) is 33.8 Å². The molecule has 3 aromatic carbocycles. The van der Waals surface area contributed by atoms with E-state index in [2.05, 4.69) is 11.9 Å². The quantitative estimate of drug-likeness (QED) is 0.228. The van der Waals surface area contributed by atoms with Crippen LogP contribution in [0.2, 0.25) is 0 Å². The Bertz CT molecular complexity index is 1410. The molecule has 0 saturated carbocycles. The fraction of sp³-hybridized carbons (Fsp3) is 0.194. The molecule has 3 aromatic rings. The first kappa shape index (κ1) is 26.4. The molecule has 1 aliphatic rings. The first-order chi connectivity index (χ1) is 18.3. The maximum Gasteiger partial charge on any atom is 0.335 e. The lowest BCUT2D eigenvalue weighted by Gasteiger charge is -2.27. The summed E-state index contributed by atoms with van der Waals surface area (Å²) >= 11 is 0. The van der Waals surface area contributed by atoms with Crippen LogP contribution in [0.4, 0.5) is 10.5 Å². The smallest absolute Gasteiger partial charge is 0.335 e. The summed E-state index contributed by atoms with van der Waals surface area (Å²) in [4.78, 5) is 39.8. The van der Waals surface area contributed by atoms with Crippen LogP contribution >= 0.6 is 0 Å². The van der Waals surface area contributed by atoms with Gasteiger partial charge >= 0.3 is 6.03 Å². The lowest BCUT2D eigenvalue weighted by atomic mass is 10.0. The van der Waals surface area contributed by atoms with Gasteiger partial charge in [-0.2, -0.15) is 0 Å². The molecule has 1 heterocycles. The van der Waals surface area contributed by atoms with Crippen LogP contribution in [-0.2, 0) is 22.6 Å². The average molecular weight is 511 g/mol. The van der Waals surface area contributed by atoms with Crippen LogP contribution < -0.4 is 19.7 Å². The Balaban J connectivity index is 1.73. The largest absolute Gasteiger partial charge is 0.490 e. The van der Waals surface area contributed by atoms with Crippen molar-refractivity contribution in [3.8, 4) is 11.5 Å². The van der Waals surface area contributed by atoms with Crippen molar-refractivity contribution in [1.29, 1.82) is 0 Å². The van der Waals surface area contributed by atoms with Crippen molar-refractivity contribution in [1.82, 2.24) is 5.32 Å². The second-order valence-corrected chi connectivity index (χ2v) is 9.01. The molecule has 0 atom stereocenters. The summed E-state index contributed by atoms with van der Waals surface area (Å²) in [5.74, 6) is -0.394. The highest BCUT2D eigenvalue weighted by Gasteiger charge is 2.37. The van der Waals surface area contributed by atoms with Gasteiger partial charge < -0.3 is 9.47 Å². The fourth-order valence-corrected chi connectivity index (χ4v) is 4.37. The van der Waals surface area contributed by atoms with E-state index in [1.165, 1.54) is 6.08 Å². The van der Waals surface area contributed by atoms with E-state index in [9.17, 15) is 14.4 Å². The SMILES string of the molecule is C=CCc1cc(/C=C2\C(=O)NC(=O)N(c3cc(C)cc(C)c3)C2=O)cc(OCC)c1OCc1ccccc1. The standard InChI is InChI=1S/C31H30N2O5/c1-5-10-24-16-23(18-27(37-6-2)28(24)38-19-22-11-8-7-9-12-22)17-26-29(34)32-31(36)33(30(26)35)25-14-20(3)13-21(4)15-25/h5,7-9,11-18H,1,6,10,19H2,2-4H3,(H,32,34,36)/b26-17+. The molecule has 4 rings (SSSR count). The fourth-order valence-electron chi connectivity index (χ4n) is 4.37. The predicted octanol–water partition coefficient (Wildman–Crippen LogP) is 5.68. The molecule has 38 heavy (non-hydrogen) atoms. The number of carbonyl (C=O) groups is 3. The van der Waals surface area contributed by atoms with Gasteiger partial charge in [0.2, 0.25) is 0 Å². The molecule has 1 N–H and O–H groups in total. The van der Waals surface area contributed by atoms with Crippen molar-refractivity contribution in [3.63, 3.8) is 0 Å². The van der Waals surface area contributed by atoms with Gasteiger partial charge in [-0.25, -0.2) is 9.69 Å². The molecule has 0 unspecified atom stereocenters. The van der Waals surface area contributed by atoms with Crippen molar-refractivity contribution < 1.29 is 23.9 Å². The average Bonchev–Trinajstić information content (AvgIpc) is 2.86. The number of rotatable bonds is 9. The zero-order valence-corrected chi connectivity index (χ0v) is 21.7. The Labute approximate surface area is 222 Å². The highest BCUT2D eigenvalue weighted by atomic mass is 16.5. The van der Waals surface area contributed by atoms with E-state index < -0.39 is 17.8 Å². The number of nitrogens with zero attached hydrogens (tertiary/aromatic N) is 1. The van der Waals surface area contributed by atoms with Crippen LogP contribution in [0.1, 0.15) is 34.7 Å². The van der Waals surface area contributed by atoms with Gasteiger partial charge in [-0.15, -0.1) is 6.58 Å². The van der Waals surface area contributed by atoms with E-state index >= 15 is 0 Å². The maximum atomic E-state index is 13.4. The van der Waals surface area contributed by atoms with Gasteiger partial charge in [-0.1, -0.05) is 42.5 Å². The summed E-state index contributed by atoms with van der Waals surface area (Å²) in [6.45, 7) is 10.2. The van der Waals surface area contributed by atoms with Crippen LogP contribution in [0.3, 0.4) is 0 Å². The summed E-state index contributed by atoms with van der Waals surface area (Å²) in [5.41, 5.74) is 4.38. The van der Waals surface area contributed by atoms with Gasteiger partial charge in [0.1, 0.15) is 12.2 Å². The molecule has 0 spiro atoms. The van der Waals surface area contributed by atoms with E-state index in [-0.39, 0.29) is 5.57 Å². The molecule has 1 saturated heterocycles. The normalized spacial score (nSPS) is 14.4. The molecule has 4 amide bonds. The summed E-state index contributed by atoms with van der Waals surface area (Å²) in [5, 5.41) is 2.28. The highest BCUT2D eigenvalue weighted by molar-refractivity contribution is 6.39. The van der Waals surface area contributed by atoms with Crippen LogP contribution in [-0.4, -0.2) is 24.5 Å². The maximum absolute atomic E-state index is 13.4. The van der Waals surface area contributed by atoms with E-state index in [0.717, 1.165) is 27.2 Å². The molecule has 7 nitrogen and oxygen atoms in total. The second-order valence-electron chi connectivity index (χ2n) is 9.01. The van der Waals surface area contributed by atoms with E-state index in [0.29, 0.717) is 42.4 Å². The molecule has 194 valence electrons. The second kappa shape index (κ2) is 11.6. The summed E-state index contributed by atoms with van der Waals surface area (Å²) in [7, 11) is 0. The van der Waals surface area contributed by atoms with Crippen LogP contribution in [0.15, 0.2) is 78.9 Å². The number of carbonyl (C=O) groups excluding carboxylic acids is 3. The molecule has 0 aromatic heterocycles. The minimum absolute atomic E-state index is 0.159. The molecule has 1 aliphatic heterocycles. The number of aryl methyl sites for hydroxylation is 2. The number of ether oxygens (including phenoxy) is 2. The van der Waals surface area contributed by atoms with E-state index in [1.807, 2.05) is 63.2 Å². The lowest BCUT2D eigenvalue weighted by Crippen LogP contribution is -2.54. The Morgan fingerprint density at radius 2 is 1.66 bits per heavy atom. The zero-order chi connectivity index (χ0) is 27.2. The Morgan fingerprint density at radius 3 is 2.32 bits per heavy atom. The third-order valence-corrected chi connectivity index (χ3v) is 5.92. The van der Waals surface area contributed by atoms with Gasteiger partial charge in [0.15, 0.2) is 11.5 Å². The predicted molar refractivity (Wildman–Crippen MR) is 147 cm³/mol. The van der Waals surface area contributed by atoms with Crippen molar-refractivity contribution >= 4 is 29.6 Å². The first-order valence-electron chi connectivity index (χ1n) is 12.4. The van der Waals surface area contributed by atoms with Gasteiger partial charge in [0.25, 0.3) is 11.8 Å². The molecule has 0 radical (unpaired) electrons. The molecule has 7 heteroatoms. The Hall–Kier alpha value is -4.65. The number of benzene rings is 3. The number of urea groups is 1. The summed E-state index contributed by atoms with van der Waals surface area (Å²) < 4.78 is 12.1. The van der Waals surface area contributed by atoms with Crippen LogP contribution in [0.25, 0.3) is 6.08 Å². The van der Waals surface area contributed by atoms with Gasteiger partial charge in [0, 0.05) is 5.56 Å². The molecule has 0 aliphatic carbocycles.